The van der Waals surface area contributed by atoms with Crippen molar-refractivity contribution in [1.82, 2.24) is 15.3 Å². The summed E-state index contributed by atoms with van der Waals surface area (Å²) in [4.78, 5) is 2.33. The molecule has 1 heterocycles. The van der Waals surface area contributed by atoms with Crippen LogP contribution in [0, 0.1) is 0 Å². The Hall–Kier alpha value is -1.34. The number of hydrogen-bond donors (Lipinski definition) is 2. The van der Waals surface area contributed by atoms with Gasteiger partial charge in [-0.15, -0.1) is 0 Å². The summed E-state index contributed by atoms with van der Waals surface area (Å²) < 4.78 is 10.6. The molecule has 1 atom stereocenters. The third-order valence-electron chi connectivity index (χ3n) is 3.89. The number of piperazine rings is 1. The van der Waals surface area contributed by atoms with E-state index in [4.69, 9.17) is 15.2 Å². The highest BCUT2D eigenvalue weighted by atomic mass is 16.5. The average molecular weight is 294 g/mol. The number of nitrogens with two attached hydrogens (primary N) is 1. The Morgan fingerprint density at radius 3 is 2.38 bits per heavy atom. The summed E-state index contributed by atoms with van der Waals surface area (Å²) in [5, 5.41) is 2.24. The van der Waals surface area contributed by atoms with Crippen molar-refractivity contribution >= 4 is 0 Å². The summed E-state index contributed by atoms with van der Waals surface area (Å²) in [6.45, 7) is 4.66. The third kappa shape index (κ3) is 4.07. The highest BCUT2D eigenvalue weighted by Crippen LogP contribution is 2.29. The first-order valence-corrected chi connectivity index (χ1v) is 7.29. The van der Waals surface area contributed by atoms with Gasteiger partial charge >= 0.3 is 0 Å². The SMILES string of the molecule is COc1ccc(C(CN)NN2CCN(C)CC2)cc1OC. The minimum absolute atomic E-state index is 0.0770. The van der Waals surface area contributed by atoms with Gasteiger partial charge in [0.2, 0.25) is 0 Å². The number of rotatable bonds is 6. The van der Waals surface area contributed by atoms with E-state index in [9.17, 15) is 0 Å². The van der Waals surface area contributed by atoms with Gasteiger partial charge in [0.05, 0.1) is 20.3 Å². The van der Waals surface area contributed by atoms with Crippen LogP contribution in [0.15, 0.2) is 18.2 Å². The van der Waals surface area contributed by atoms with Crippen LogP contribution in [0.2, 0.25) is 0 Å². The normalized spacial score (nSPS) is 18.5. The van der Waals surface area contributed by atoms with Crippen LogP contribution in [-0.2, 0) is 0 Å². The second-order valence-electron chi connectivity index (χ2n) is 5.32. The van der Waals surface area contributed by atoms with E-state index in [1.165, 1.54) is 0 Å². The molecule has 0 bridgehead atoms. The summed E-state index contributed by atoms with van der Waals surface area (Å²) in [5.74, 6) is 1.46. The van der Waals surface area contributed by atoms with Gasteiger partial charge in [-0.05, 0) is 24.7 Å². The van der Waals surface area contributed by atoms with Gasteiger partial charge in [-0.25, -0.2) is 10.4 Å². The van der Waals surface area contributed by atoms with Gasteiger partial charge < -0.3 is 20.1 Å². The molecule has 0 radical (unpaired) electrons. The summed E-state index contributed by atoms with van der Waals surface area (Å²) in [7, 11) is 5.43. The maximum atomic E-state index is 5.94. The fourth-order valence-electron chi connectivity index (χ4n) is 2.49. The van der Waals surface area contributed by atoms with Crippen molar-refractivity contribution in [1.29, 1.82) is 0 Å². The monoisotopic (exact) mass is 294 g/mol. The Balaban J connectivity index is 2.06. The molecule has 0 spiro atoms. The van der Waals surface area contributed by atoms with Crippen molar-refractivity contribution in [3.63, 3.8) is 0 Å². The predicted molar refractivity (Wildman–Crippen MR) is 83.5 cm³/mol. The Bertz CT molecular complexity index is 447. The van der Waals surface area contributed by atoms with Gasteiger partial charge in [0.1, 0.15) is 0 Å². The molecule has 1 fully saturated rings. The number of hydrazine groups is 1. The van der Waals surface area contributed by atoms with Crippen LogP contribution < -0.4 is 20.6 Å². The molecule has 1 aromatic rings. The molecular formula is C15H26N4O2. The van der Waals surface area contributed by atoms with Crippen molar-refractivity contribution < 1.29 is 9.47 Å². The first-order valence-electron chi connectivity index (χ1n) is 7.29. The maximum absolute atomic E-state index is 5.94. The average Bonchev–Trinajstić information content (AvgIpc) is 2.53. The first-order chi connectivity index (χ1) is 10.2. The van der Waals surface area contributed by atoms with E-state index >= 15 is 0 Å². The summed E-state index contributed by atoms with van der Waals surface area (Å²) in [6.07, 6.45) is 0. The van der Waals surface area contributed by atoms with E-state index in [0.717, 1.165) is 43.2 Å². The fraction of sp³-hybridized carbons (Fsp3) is 0.600. The largest absolute Gasteiger partial charge is 0.493 e. The number of benzene rings is 1. The van der Waals surface area contributed by atoms with E-state index in [2.05, 4.69) is 22.4 Å². The molecule has 0 saturated carbocycles. The van der Waals surface area contributed by atoms with Crippen molar-refractivity contribution in [3.8, 4) is 11.5 Å². The van der Waals surface area contributed by atoms with Gasteiger partial charge in [0.15, 0.2) is 11.5 Å². The molecule has 0 aromatic heterocycles. The van der Waals surface area contributed by atoms with E-state index in [1.54, 1.807) is 14.2 Å². The summed E-state index contributed by atoms with van der Waals surface area (Å²) in [5.41, 5.74) is 10.6. The highest BCUT2D eigenvalue weighted by Gasteiger charge is 2.19. The van der Waals surface area contributed by atoms with Crippen LogP contribution >= 0.6 is 0 Å². The quantitative estimate of drug-likeness (QED) is 0.794. The summed E-state index contributed by atoms with van der Waals surface area (Å²) >= 11 is 0. The Morgan fingerprint density at radius 2 is 1.81 bits per heavy atom. The Morgan fingerprint density at radius 1 is 1.14 bits per heavy atom. The van der Waals surface area contributed by atoms with Gasteiger partial charge in [-0.1, -0.05) is 6.07 Å². The maximum Gasteiger partial charge on any atom is 0.161 e. The van der Waals surface area contributed by atoms with Gasteiger partial charge in [0.25, 0.3) is 0 Å². The van der Waals surface area contributed by atoms with Crippen LogP contribution in [0.1, 0.15) is 11.6 Å². The van der Waals surface area contributed by atoms with Crippen LogP contribution in [0.4, 0.5) is 0 Å². The van der Waals surface area contributed by atoms with Crippen LogP contribution in [0.5, 0.6) is 11.5 Å². The molecule has 118 valence electrons. The molecule has 6 nitrogen and oxygen atoms in total. The molecule has 0 aliphatic carbocycles. The fourth-order valence-corrected chi connectivity index (χ4v) is 2.49. The number of likely N-dealkylation sites (N-methyl/N-ethyl adjacent to an activating group) is 1. The van der Waals surface area contributed by atoms with Crippen molar-refractivity contribution in [2.24, 2.45) is 5.73 Å². The lowest BCUT2D eigenvalue weighted by molar-refractivity contribution is 0.0879. The number of hydrogen-bond acceptors (Lipinski definition) is 6. The van der Waals surface area contributed by atoms with E-state index in [1.807, 2.05) is 18.2 Å². The number of ether oxygens (including phenoxy) is 2. The van der Waals surface area contributed by atoms with Gasteiger partial charge in [-0.3, -0.25) is 0 Å². The molecule has 21 heavy (non-hydrogen) atoms. The minimum atomic E-state index is 0.0770. The second kappa shape index (κ2) is 7.61. The lowest BCUT2D eigenvalue weighted by atomic mass is 10.1. The van der Waals surface area contributed by atoms with E-state index < -0.39 is 0 Å². The van der Waals surface area contributed by atoms with Crippen molar-refractivity contribution in [2.75, 3.05) is 54.0 Å². The Kier molecular flexibility index (Phi) is 5.81. The minimum Gasteiger partial charge on any atom is -0.493 e. The van der Waals surface area contributed by atoms with Crippen molar-refractivity contribution in [3.05, 3.63) is 23.8 Å². The predicted octanol–water partition coefficient (Wildman–Crippen LogP) is 0.456. The Labute approximate surface area is 126 Å². The molecule has 1 unspecified atom stereocenters. The molecule has 0 amide bonds. The van der Waals surface area contributed by atoms with Crippen LogP contribution in [0.25, 0.3) is 0 Å². The zero-order chi connectivity index (χ0) is 15.2. The van der Waals surface area contributed by atoms with Crippen LogP contribution in [-0.4, -0.2) is 63.9 Å². The zero-order valence-corrected chi connectivity index (χ0v) is 13.1. The molecular weight excluding hydrogens is 268 g/mol. The molecule has 6 heteroatoms. The van der Waals surface area contributed by atoms with E-state index in [-0.39, 0.29) is 6.04 Å². The lowest BCUT2D eigenvalue weighted by Crippen LogP contribution is -2.52. The smallest absolute Gasteiger partial charge is 0.161 e. The number of nitrogens with one attached hydrogen (secondary N) is 1. The molecule has 1 aromatic carbocycles. The molecule has 1 aliphatic rings. The number of nitrogens with zero attached hydrogens (tertiary/aromatic N) is 2. The summed E-state index contributed by atoms with van der Waals surface area (Å²) in [6, 6.07) is 6.01. The third-order valence-corrected chi connectivity index (χ3v) is 3.89. The van der Waals surface area contributed by atoms with Crippen molar-refractivity contribution in [2.45, 2.75) is 6.04 Å². The molecule has 1 aliphatic heterocycles. The highest BCUT2D eigenvalue weighted by molar-refractivity contribution is 5.43. The zero-order valence-electron chi connectivity index (χ0n) is 13.1. The van der Waals surface area contributed by atoms with Crippen LogP contribution in [0.3, 0.4) is 0 Å². The molecule has 2 rings (SSSR count). The first kappa shape index (κ1) is 16.0. The lowest BCUT2D eigenvalue weighted by Gasteiger charge is -2.35. The molecule has 3 N–H and O–H groups in total. The number of methoxy groups -OCH3 is 2. The molecule has 1 saturated heterocycles. The topological polar surface area (TPSA) is 63.0 Å². The van der Waals surface area contributed by atoms with Gasteiger partial charge in [-0.2, -0.15) is 0 Å². The standard InChI is InChI=1S/C15H26N4O2/c1-18-6-8-19(9-7-18)17-13(11-16)12-4-5-14(20-2)15(10-12)21-3/h4-5,10,13,17H,6-9,11,16H2,1-3H3. The van der Waals surface area contributed by atoms with Gasteiger partial charge in [0, 0.05) is 32.7 Å². The second-order valence-corrected chi connectivity index (χ2v) is 5.32. The van der Waals surface area contributed by atoms with E-state index in [0.29, 0.717) is 6.54 Å².